The second kappa shape index (κ2) is 11.4. The van der Waals surface area contributed by atoms with Gasteiger partial charge in [0.15, 0.2) is 11.6 Å². The summed E-state index contributed by atoms with van der Waals surface area (Å²) < 4.78 is 14.2. The average Bonchev–Trinajstić information content (AvgIpc) is 2.92. The molecule has 0 aliphatic carbocycles. The molecule has 188 valence electrons. The summed E-state index contributed by atoms with van der Waals surface area (Å²) in [5.74, 6) is -0.0723. The Balaban J connectivity index is 1.19. The Hall–Kier alpha value is -3.95. The van der Waals surface area contributed by atoms with Gasteiger partial charge in [0.05, 0.1) is 23.8 Å². The fourth-order valence-electron chi connectivity index (χ4n) is 4.14. The number of aryl methyl sites for hydroxylation is 1. The van der Waals surface area contributed by atoms with Crippen molar-refractivity contribution in [2.45, 2.75) is 13.5 Å². The number of pyridine rings is 1. The summed E-state index contributed by atoms with van der Waals surface area (Å²) in [6.45, 7) is 5.24. The van der Waals surface area contributed by atoms with Gasteiger partial charge in [-0.2, -0.15) is 10.1 Å². The molecule has 0 atom stereocenters. The summed E-state index contributed by atoms with van der Waals surface area (Å²) in [4.78, 5) is 14.5. The summed E-state index contributed by atoms with van der Waals surface area (Å²) in [7, 11) is 0. The normalized spacial score (nSPS) is 13.8. The van der Waals surface area contributed by atoms with Crippen molar-refractivity contribution in [1.82, 2.24) is 20.3 Å². The number of hydrogen-bond acceptors (Lipinski definition) is 8. The van der Waals surface area contributed by atoms with E-state index in [0.717, 1.165) is 58.1 Å². The zero-order valence-electron chi connectivity index (χ0n) is 20.3. The molecule has 10 heteroatoms. The van der Waals surface area contributed by atoms with E-state index >= 15 is 0 Å². The van der Waals surface area contributed by atoms with Crippen LogP contribution in [-0.4, -0.2) is 41.1 Å². The van der Waals surface area contributed by atoms with Crippen LogP contribution in [-0.2, 0) is 6.54 Å². The third-order valence-corrected chi connectivity index (χ3v) is 6.35. The zero-order chi connectivity index (χ0) is 25.6. The number of hydrogen-bond donors (Lipinski definition) is 2. The maximum absolute atomic E-state index is 14.2. The molecule has 5 rings (SSSR count). The Morgan fingerprint density at radius 3 is 2.51 bits per heavy atom. The molecule has 0 saturated carbocycles. The third-order valence-electron chi connectivity index (χ3n) is 6.03. The van der Waals surface area contributed by atoms with E-state index in [1.54, 1.807) is 6.20 Å². The van der Waals surface area contributed by atoms with Crippen molar-refractivity contribution in [1.29, 1.82) is 0 Å². The highest BCUT2D eigenvalue weighted by Crippen LogP contribution is 2.32. The Kier molecular flexibility index (Phi) is 7.62. The summed E-state index contributed by atoms with van der Waals surface area (Å²) in [6.07, 6.45) is 2.88. The number of aromatic nitrogens is 3. The van der Waals surface area contributed by atoms with Crippen LogP contribution < -0.4 is 15.5 Å². The minimum atomic E-state index is -0.459. The Bertz CT molecular complexity index is 1370. The van der Waals surface area contributed by atoms with E-state index in [1.807, 2.05) is 53.4 Å². The third kappa shape index (κ3) is 6.07. The quantitative estimate of drug-likeness (QED) is 0.289. The van der Waals surface area contributed by atoms with Gasteiger partial charge in [0, 0.05) is 42.5 Å². The lowest BCUT2D eigenvalue weighted by molar-refractivity contribution is 0.555. The molecule has 1 fully saturated rings. The number of azo groups is 1. The maximum atomic E-state index is 14.2. The lowest BCUT2D eigenvalue weighted by atomic mass is 10.0. The fraction of sp³-hybridized carbons (Fsp3) is 0.222. The molecule has 1 aliphatic rings. The molecule has 8 nitrogen and oxygen atoms in total. The minimum absolute atomic E-state index is 0.128. The van der Waals surface area contributed by atoms with Crippen LogP contribution in [0.2, 0.25) is 5.02 Å². The first-order valence-electron chi connectivity index (χ1n) is 12.0. The second-order valence-corrected chi connectivity index (χ2v) is 9.06. The molecule has 2 aromatic heterocycles. The van der Waals surface area contributed by atoms with Crippen LogP contribution in [0, 0.1) is 12.7 Å². The van der Waals surface area contributed by atoms with Crippen molar-refractivity contribution in [3.05, 3.63) is 89.1 Å². The molecule has 4 aromatic rings. The molecule has 0 radical (unpaired) electrons. The smallest absolute Gasteiger partial charge is 0.270 e. The standard InChI is InChI=1S/C27H26ClFN8/c1-18-3-2-4-23(28)25(18)19-5-7-20(8-6-19)34-22-10-9-21(31-15-22)16-33-36-27-32-17-24(29)26(35-27)37-13-11-30-12-14-37/h2-10,15,17,30,34H,11-14,16H2,1H3. The number of nitrogens with zero attached hydrogens (tertiary/aromatic N) is 6. The van der Waals surface area contributed by atoms with Crippen LogP contribution in [0.25, 0.3) is 11.1 Å². The molecule has 0 spiro atoms. The van der Waals surface area contributed by atoms with E-state index in [4.69, 9.17) is 11.6 Å². The lowest BCUT2D eigenvalue weighted by Crippen LogP contribution is -2.44. The van der Waals surface area contributed by atoms with E-state index < -0.39 is 5.82 Å². The first-order chi connectivity index (χ1) is 18.1. The highest BCUT2D eigenvalue weighted by molar-refractivity contribution is 6.33. The van der Waals surface area contributed by atoms with E-state index in [0.29, 0.717) is 13.1 Å². The SMILES string of the molecule is Cc1cccc(Cl)c1-c1ccc(Nc2ccc(CN=Nc3ncc(F)c(N4CCNCC4)n3)nc2)cc1. The van der Waals surface area contributed by atoms with Gasteiger partial charge in [-0.1, -0.05) is 35.9 Å². The van der Waals surface area contributed by atoms with Gasteiger partial charge in [-0.15, -0.1) is 5.11 Å². The minimum Gasteiger partial charge on any atom is -0.354 e. The van der Waals surface area contributed by atoms with E-state index in [1.165, 1.54) is 0 Å². The van der Waals surface area contributed by atoms with Crippen LogP contribution >= 0.6 is 11.6 Å². The number of rotatable bonds is 7. The van der Waals surface area contributed by atoms with Crippen LogP contribution in [0.3, 0.4) is 0 Å². The van der Waals surface area contributed by atoms with E-state index in [-0.39, 0.29) is 18.3 Å². The van der Waals surface area contributed by atoms with Gasteiger partial charge >= 0.3 is 0 Å². The van der Waals surface area contributed by atoms with Crippen LogP contribution in [0.15, 0.2) is 77.2 Å². The van der Waals surface area contributed by atoms with Crippen LogP contribution in [0.4, 0.5) is 27.5 Å². The lowest BCUT2D eigenvalue weighted by Gasteiger charge is -2.28. The van der Waals surface area contributed by atoms with Gasteiger partial charge in [-0.25, -0.2) is 9.37 Å². The van der Waals surface area contributed by atoms with Crippen molar-refractivity contribution in [2.24, 2.45) is 10.2 Å². The number of nitrogens with one attached hydrogen (secondary N) is 2. The van der Waals surface area contributed by atoms with Gasteiger partial charge in [-0.05, 0) is 48.4 Å². The van der Waals surface area contributed by atoms with Crippen molar-refractivity contribution in [3.63, 3.8) is 0 Å². The summed E-state index contributed by atoms with van der Waals surface area (Å²) in [5, 5.41) is 15.5. The van der Waals surface area contributed by atoms with E-state index in [2.05, 4.69) is 48.8 Å². The zero-order valence-corrected chi connectivity index (χ0v) is 21.1. The molecule has 1 saturated heterocycles. The van der Waals surface area contributed by atoms with Gasteiger partial charge in [-0.3, -0.25) is 4.98 Å². The molecule has 1 aliphatic heterocycles. The fourth-order valence-corrected chi connectivity index (χ4v) is 4.47. The largest absolute Gasteiger partial charge is 0.354 e. The highest BCUT2D eigenvalue weighted by atomic mass is 35.5. The van der Waals surface area contributed by atoms with Crippen molar-refractivity contribution < 1.29 is 4.39 Å². The van der Waals surface area contributed by atoms with Gasteiger partial charge in [0.25, 0.3) is 5.95 Å². The van der Waals surface area contributed by atoms with Crippen LogP contribution in [0.5, 0.6) is 0 Å². The van der Waals surface area contributed by atoms with Crippen molar-refractivity contribution >= 4 is 34.7 Å². The maximum Gasteiger partial charge on any atom is 0.270 e. The van der Waals surface area contributed by atoms with Gasteiger partial charge in [0.2, 0.25) is 0 Å². The molecular formula is C27H26ClFN8. The second-order valence-electron chi connectivity index (χ2n) is 8.65. The molecule has 0 amide bonds. The molecule has 3 heterocycles. The van der Waals surface area contributed by atoms with Gasteiger partial charge in [0.1, 0.15) is 6.54 Å². The first kappa shape index (κ1) is 24.7. The molecule has 37 heavy (non-hydrogen) atoms. The first-order valence-corrected chi connectivity index (χ1v) is 12.4. The number of anilines is 3. The van der Waals surface area contributed by atoms with Crippen LogP contribution in [0.1, 0.15) is 11.3 Å². The predicted octanol–water partition coefficient (Wildman–Crippen LogP) is 6.08. The Labute approximate surface area is 219 Å². The number of halogens is 2. The Morgan fingerprint density at radius 1 is 1.00 bits per heavy atom. The van der Waals surface area contributed by atoms with E-state index in [9.17, 15) is 4.39 Å². The molecule has 0 unspecified atom stereocenters. The molecule has 0 bridgehead atoms. The molecule has 2 aromatic carbocycles. The monoisotopic (exact) mass is 516 g/mol. The number of benzene rings is 2. The molecule has 2 N–H and O–H groups in total. The van der Waals surface area contributed by atoms with Crippen molar-refractivity contribution in [2.75, 3.05) is 36.4 Å². The Morgan fingerprint density at radius 2 is 1.78 bits per heavy atom. The highest BCUT2D eigenvalue weighted by Gasteiger charge is 2.17. The van der Waals surface area contributed by atoms with Gasteiger partial charge < -0.3 is 15.5 Å². The summed E-state index contributed by atoms with van der Waals surface area (Å²) in [5.41, 5.74) is 5.78. The molecular weight excluding hydrogens is 491 g/mol. The average molecular weight is 517 g/mol. The predicted molar refractivity (Wildman–Crippen MR) is 144 cm³/mol. The topological polar surface area (TPSA) is 90.7 Å². The van der Waals surface area contributed by atoms with Crippen molar-refractivity contribution in [3.8, 4) is 11.1 Å². The summed E-state index contributed by atoms with van der Waals surface area (Å²) >= 11 is 6.40. The number of piperazine rings is 1. The summed E-state index contributed by atoms with van der Waals surface area (Å²) in [6, 6.07) is 17.8.